The smallest absolute Gasteiger partial charge is 0.279 e. The number of anilines is 1. The molecule has 0 spiro atoms. The number of benzene rings is 1. The number of likely N-dealkylation sites (N-methyl/N-ethyl adjacent to an activating group) is 1. The van der Waals surface area contributed by atoms with Crippen molar-refractivity contribution in [2.75, 3.05) is 25.5 Å². The van der Waals surface area contributed by atoms with Crippen molar-refractivity contribution in [3.05, 3.63) is 46.7 Å². The number of nitriles is 1. The predicted molar refractivity (Wildman–Crippen MR) is 114 cm³/mol. The number of hydrogen-bond acceptors (Lipinski definition) is 5. The molecule has 8 heteroatoms. The highest BCUT2D eigenvalue weighted by Crippen LogP contribution is 2.21. The van der Waals surface area contributed by atoms with E-state index in [4.69, 9.17) is 0 Å². The molecule has 2 heterocycles. The monoisotopic (exact) mass is 409 g/mol. The Bertz CT molecular complexity index is 981. The van der Waals surface area contributed by atoms with Crippen molar-refractivity contribution in [2.24, 2.45) is 0 Å². The lowest BCUT2D eigenvalue weighted by atomic mass is 10.1. The standard InChI is InChI=1S/C22H28N6O2/c1-15-8-7-9-16(2)21(15)24-20(30)14-27(3)13-18(29)17(12-23)22-26-25-19-10-5-4-6-11-28(19)22/h7-9,29H,4-6,10-11,13-14H2,1-3H3,(H,24,30)/p+1/b18-17-. The molecular weight excluding hydrogens is 380 g/mol. The summed E-state index contributed by atoms with van der Waals surface area (Å²) >= 11 is 0. The number of aliphatic hydroxyl groups is 1. The van der Waals surface area contributed by atoms with E-state index >= 15 is 0 Å². The van der Waals surface area contributed by atoms with Crippen LogP contribution in [0, 0.1) is 25.2 Å². The number of rotatable bonds is 6. The number of amides is 1. The fraction of sp³-hybridized carbons (Fsp3) is 0.455. The summed E-state index contributed by atoms with van der Waals surface area (Å²) in [5, 5.41) is 31.6. The van der Waals surface area contributed by atoms with Gasteiger partial charge >= 0.3 is 0 Å². The molecule has 0 saturated heterocycles. The van der Waals surface area contributed by atoms with Crippen molar-refractivity contribution in [2.45, 2.75) is 46.1 Å². The van der Waals surface area contributed by atoms with E-state index in [0.717, 1.165) is 59.8 Å². The van der Waals surface area contributed by atoms with Crippen LogP contribution in [0.5, 0.6) is 0 Å². The number of allylic oxidation sites excluding steroid dienone is 1. The fourth-order valence-corrected chi connectivity index (χ4v) is 3.82. The van der Waals surface area contributed by atoms with E-state index in [2.05, 4.69) is 21.6 Å². The number of nitrogens with one attached hydrogen (secondary N) is 2. The second kappa shape index (κ2) is 9.55. The number of aromatic nitrogens is 3. The van der Waals surface area contributed by atoms with Gasteiger partial charge in [-0.05, 0) is 37.8 Å². The summed E-state index contributed by atoms with van der Waals surface area (Å²) in [4.78, 5) is 13.2. The molecule has 0 bridgehead atoms. The molecule has 0 saturated carbocycles. The summed E-state index contributed by atoms with van der Waals surface area (Å²) in [5.74, 6) is 1.05. The second-order valence-corrected chi connectivity index (χ2v) is 7.96. The number of hydrogen-bond donors (Lipinski definition) is 3. The van der Waals surface area contributed by atoms with E-state index < -0.39 is 0 Å². The average molecular weight is 410 g/mol. The van der Waals surface area contributed by atoms with Gasteiger partial charge in [0.15, 0.2) is 18.1 Å². The van der Waals surface area contributed by atoms with Crippen molar-refractivity contribution in [3.8, 4) is 6.07 Å². The van der Waals surface area contributed by atoms with Gasteiger partial charge in [0.25, 0.3) is 5.91 Å². The van der Waals surface area contributed by atoms with Gasteiger partial charge in [-0.1, -0.05) is 24.6 Å². The van der Waals surface area contributed by atoms with Gasteiger partial charge in [0.2, 0.25) is 0 Å². The summed E-state index contributed by atoms with van der Waals surface area (Å²) in [6, 6.07) is 7.94. The van der Waals surface area contributed by atoms with Crippen LogP contribution >= 0.6 is 0 Å². The minimum Gasteiger partial charge on any atom is -0.506 e. The van der Waals surface area contributed by atoms with Crippen molar-refractivity contribution in [1.82, 2.24) is 14.8 Å². The molecule has 1 atom stereocenters. The number of nitrogens with zero attached hydrogens (tertiary/aromatic N) is 4. The van der Waals surface area contributed by atoms with E-state index in [1.165, 1.54) is 0 Å². The Hall–Kier alpha value is -3.18. The summed E-state index contributed by atoms with van der Waals surface area (Å²) < 4.78 is 1.94. The maximum atomic E-state index is 12.5. The zero-order valence-corrected chi connectivity index (χ0v) is 17.8. The van der Waals surface area contributed by atoms with Crippen LogP contribution in [0.4, 0.5) is 5.69 Å². The summed E-state index contributed by atoms with van der Waals surface area (Å²) in [6.07, 6.45) is 4.00. The van der Waals surface area contributed by atoms with Gasteiger partial charge in [0, 0.05) is 18.7 Å². The molecular formula is C22H29N6O2+. The Kier molecular flexibility index (Phi) is 6.85. The predicted octanol–water partition coefficient (Wildman–Crippen LogP) is 1.57. The maximum absolute atomic E-state index is 12.5. The SMILES string of the molecule is Cc1cccc(C)c1NC(=O)C[NH+](C)C/C(O)=C(\C#N)c1nnc2n1CCCCC2. The number of quaternary nitrogens is 1. The normalized spacial score (nSPS) is 15.4. The Balaban J connectivity index is 1.70. The van der Waals surface area contributed by atoms with E-state index in [-0.39, 0.29) is 30.3 Å². The molecule has 1 aliphatic rings. The largest absolute Gasteiger partial charge is 0.506 e. The maximum Gasteiger partial charge on any atom is 0.279 e. The molecule has 1 amide bonds. The van der Waals surface area contributed by atoms with Crippen LogP contribution in [0.3, 0.4) is 0 Å². The molecule has 1 aromatic carbocycles. The molecule has 3 N–H and O–H groups in total. The lowest BCUT2D eigenvalue weighted by Crippen LogP contribution is -3.10. The van der Waals surface area contributed by atoms with Crippen LogP contribution < -0.4 is 10.2 Å². The van der Waals surface area contributed by atoms with Crippen LogP contribution in [0.1, 0.15) is 42.0 Å². The van der Waals surface area contributed by atoms with Crippen LogP contribution in [-0.4, -0.2) is 45.9 Å². The van der Waals surface area contributed by atoms with E-state index in [1.54, 1.807) is 7.05 Å². The topological polar surface area (TPSA) is 108 Å². The number of para-hydroxylation sites is 1. The molecule has 158 valence electrons. The lowest BCUT2D eigenvalue weighted by molar-refractivity contribution is -0.867. The molecule has 8 nitrogen and oxygen atoms in total. The Morgan fingerprint density at radius 1 is 1.23 bits per heavy atom. The summed E-state index contributed by atoms with van der Waals surface area (Å²) in [7, 11) is 1.81. The molecule has 0 aliphatic carbocycles. The summed E-state index contributed by atoms with van der Waals surface area (Å²) in [6.45, 7) is 4.96. The van der Waals surface area contributed by atoms with Crippen molar-refractivity contribution in [1.29, 1.82) is 5.26 Å². The number of aryl methyl sites for hydroxylation is 3. The number of fused-ring (bicyclic) bond motifs is 1. The van der Waals surface area contributed by atoms with Gasteiger partial charge in [-0.15, -0.1) is 10.2 Å². The minimum atomic E-state index is -0.146. The second-order valence-electron chi connectivity index (χ2n) is 7.96. The van der Waals surface area contributed by atoms with Crippen LogP contribution in [0.2, 0.25) is 0 Å². The van der Waals surface area contributed by atoms with E-state index in [0.29, 0.717) is 5.82 Å². The fourth-order valence-electron chi connectivity index (χ4n) is 3.82. The first kappa shape index (κ1) is 21.5. The average Bonchev–Trinajstić information content (AvgIpc) is 2.93. The highest BCUT2D eigenvalue weighted by Gasteiger charge is 2.23. The highest BCUT2D eigenvalue weighted by atomic mass is 16.3. The molecule has 1 aliphatic heterocycles. The third kappa shape index (κ3) is 4.86. The van der Waals surface area contributed by atoms with Crippen molar-refractivity contribution in [3.63, 3.8) is 0 Å². The first-order chi connectivity index (χ1) is 14.4. The Morgan fingerprint density at radius 3 is 2.67 bits per heavy atom. The first-order valence-corrected chi connectivity index (χ1v) is 10.3. The number of aliphatic hydroxyl groups excluding tert-OH is 1. The van der Waals surface area contributed by atoms with Gasteiger partial charge < -0.3 is 19.9 Å². The van der Waals surface area contributed by atoms with Crippen LogP contribution in [0.25, 0.3) is 5.57 Å². The van der Waals surface area contributed by atoms with E-state index in [9.17, 15) is 15.2 Å². The van der Waals surface area contributed by atoms with Gasteiger partial charge in [-0.25, -0.2) is 0 Å². The van der Waals surface area contributed by atoms with Crippen LogP contribution in [-0.2, 0) is 17.8 Å². The minimum absolute atomic E-state index is 0.0747. The quantitative estimate of drug-likeness (QED) is 0.496. The van der Waals surface area contributed by atoms with E-state index in [1.807, 2.05) is 36.6 Å². The van der Waals surface area contributed by atoms with Gasteiger partial charge in [-0.3, -0.25) is 4.79 Å². The number of carbonyl (C=O) groups is 1. The van der Waals surface area contributed by atoms with Gasteiger partial charge in [-0.2, -0.15) is 5.26 Å². The zero-order chi connectivity index (χ0) is 21.7. The highest BCUT2D eigenvalue weighted by molar-refractivity contribution is 5.93. The van der Waals surface area contributed by atoms with Gasteiger partial charge in [0.05, 0.1) is 7.05 Å². The Morgan fingerprint density at radius 2 is 1.97 bits per heavy atom. The van der Waals surface area contributed by atoms with Crippen molar-refractivity contribution < 1.29 is 14.8 Å². The third-order valence-electron chi connectivity index (χ3n) is 5.41. The summed E-state index contributed by atoms with van der Waals surface area (Å²) in [5.41, 5.74) is 2.95. The molecule has 30 heavy (non-hydrogen) atoms. The third-order valence-corrected chi connectivity index (χ3v) is 5.41. The molecule has 1 unspecified atom stereocenters. The molecule has 0 fully saturated rings. The first-order valence-electron chi connectivity index (χ1n) is 10.3. The van der Waals surface area contributed by atoms with Gasteiger partial charge in [0.1, 0.15) is 24.0 Å². The van der Waals surface area contributed by atoms with Crippen LogP contribution in [0.15, 0.2) is 24.0 Å². The molecule has 2 aromatic rings. The van der Waals surface area contributed by atoms with Crippen molar-refractivity contribution >= 4 is 17.2 Å². The molecule has 0 radical (unpaired) electrons. The number of carbonyl (C=O) groups excluding carboxylic acids is 1. The Labute approximate surface area is 176 Å². The zero-order valence-electron chi connectivity index (χ0n) is 17.8. The lowest BCUT2D eigenvalue weighted by Gasteiger charge is -2.16. The molecule has 3 rings (SSSR count). The molecule has 1 aromatic heterocycles.